The molecular formula is C17H30IN3OS. The molecule has 0 amide bonds. The Hall–Kier alpha value is -0.630. The summed E-state index contributed by atoms with van der Waals surface area (Å²) in [6, 6.07) is 6.27. The van der Waals surface area contributed by atoms with E-state index in [4.69, 9.17) is 4.74 Å². The average Bonchev–Trinajstić information content (AvgIpc) is 2.50. The van der Waals surface area contributed by atoms with E-state index in [1.54, 1.807) is 7.05 Å². The van der Waals surface area contributed by atoms with E-state index in [0.717, 1.165) is 30.4 Å². The molecule has 1 aromatic carbocycles. The van der Waals surface area contributed by atoms with E-state index < -0.39 is 0 Å². The van der Waals surface area contributed by atoms with E-state index in [1.807, 2.05) is 24.8 Å². The van der Waals surface area contributed by atoms with Crippen molar-refractivity contribution in [3.8, 4) is 5.75 Å². The molecule has 0 spiro atoms. The molecule has 0 saturated heterocycles. The second-order valence-electron chi connectivity index (χ2n) is 5.78. The number of aliphatic imine (C=N–C) groups is 1. The van der Waals surface area contributed by atoms with Gasteiger partial charge in [0.2, 0.25) is 0 Å². The molecule has 132 valence electrons. The Morgan fingerprint density at radius 3 is 2.52 bits per heavy atom. The number of hydrogen-bond donors (Lipinski definition) is 2. The molecule has 0 saturated carbocycles. The Bertz CT molecular complexity index is 507. The maximum atomic E-state index is 5.57. The first-order valence-electron chi connectivity index (χ1n) is 7.64. The summed E-state index contributed by atoms with van der Waals surface area (Å²) in [5.74, 6) is 1.78. The molecule has 0 aliphatic carbocycles. The number of benzene rings is 1. The number of nitrogens with zero attached hydrogens (tertiary/aromatic N) is 1. The summed E-state index contributed by atoms with van der Waals surface area (Å²) in [7, 11) is 1.80. The molecule has 0 fully saturated rings. The highest BCUT2D eigenvalue weighted by atomic mass is 127. The molecule has 0 aliphatic rings. The number of nitrogens with one attached hydrogen (secondary N) is 2. The topological polar surface area (TPSA) is 45.6 Å². The van der Waals surface area contributed by atoms with Gasteiger partial charge in [0.1, 0.15) is 5.75 Å². The molecule has 0 atom stereocenters. The Labute approximate surface area is 162 Å². The van der Waals surface area contributed by atoms with E-state index in [-0.39, 0.29) is 28.7 Å². The molecule has 0 heterocycles. The van der Waals surface area contributed by atoms with Crippen molar-refractivity contribution >= 4 is 41.7 Å². The molecule has 0 bridgehead atoms. The predicted molar refractivity (Wildman–Crippen MR) is 114 cm³/mol. The van der Waals surface area contributed by atoms with E-state index in [2.05, 4.69) is 54.8 Å². The zero-order chi connectivity index (χ0) is 16.6. The minimum atomic E-state index is 0. The second kappa shape index (κ2) is 11.0. The molecule has 23 heavy (non-hydrogen) atoms. The van der Waals surface area contributed by atoms with Crippen LogP contribution in [0.5, 0.6) is 5.75 Å². The lowest BCUT2D eigenvalue weighted by molar-refractivity contribution is 0.338. The smallest absolute Gasteiger partial charge is 0.191 e. The molecule has 0 radical (unpaired) electrons. The van der Waals surface area contributed by atoms with Gasteiger partial charge in [-0.25, -0.2) is 0 Å². The fourth-order valence-corrected chi connectivity index (χ4v) is 2.13. The first-order chi connectivity index (χ1) is 10.4. The van der Waals surface area contributed by atoms with Crippen molar-refractivity contribution in [1.82, 2.24) is 10.6 Å². The van der Waals surface area contributed by atoms with Gasteiger partial charge in [0, 0.05) is 24.9 Å². The second-order valence-corrected chi connectivity index (χ2v) is 7.29. The van der Waals surface area contributed by atoms with Crippen LogP contribution in [0.1, 0.15) is 31.9 Å². The van der Waals surface area contributed by atoms with Crippen LogP contribution in [0.2, 0.25) is 0 Å². The minimum absolute atomic E-state index is 0. The highest BCUT2D eigenvalue weighted by molar-refractivity contribution is 14.0. The van der Waals surface area contributed by atoms with Crippen LogP contribution in [0.25, 0.3) is 0 Å². The maximum absolute atomic E-state index is 5.57. The van der Waals surface area contributed by atoms with Crippen molar-refractivity contribution in [2.45, 2.75) is 39.0 Å². The zero-order valence-electron chi connectivity index (χ0n) is 15.0. The van der Waals surface area contributed by atoms with Crippen molar-refractivity contribution < 1.29 is 4.74 Å². The van der Waals surface area contributed by atoms with Gasteiger partial charge in [-0.05, 0) is 51.1 Å². The molecule has 1 rings (SSSR count). The van der Waals surface area contributed by atoms with Gasteiger partial charge in [-0.3, -0.25) is 4.99 Å². The molecule has 6 heteroatoms. The summed E-state index contributed by atoms with van der Waals surface area (Å²) >= 11 is 1.84. The summed E-state index contributed by atoms with van der Waals surface area (Å²) < 4.78 is 5.76. The molecule has 1 aromatic rings. The number of ether oxygens (including phenoxy) is 1. The summed E-state index contributed by atoms with van der Waals surface area (Å²) in [4.78, 5) is 4.27. The molecule has 0 unspecified atom stereocenters. The lowest BCUT2D eigenvalue weighted by Gasteiger charge is -2.23. The number of halogens is 1. The van der Waals surface area contributed by atoms with Crippen molar-refractivity contribution in [3.05, 3.63) is 29.3 Å². The van der Waals surface area contributed by atoms with Gasteiger partial charge in [-0.1, -0.05) is 12.1 Å². The minimum Gasteiger partial charge on any atom is -0.494 e. The quantitative estimate of drug-likeness (QED) is 0.376. The molecule has 2 N–H and O–H groups in total. The number of guanidine groups is 1. The van der Waals surface area contributed by atoms with Crippen molar-refractivity contribution in [1.29, 1.82) is 0 Å². The summed E-state index contributed by atoms with van der Waals surface area (Å²) in [5.41, 5.74) is 2.38. The summed E-state index contributed by atoms with van der Waals surface area (Å²) in [6.07, 6.45) is 2.13. The van der Waals surface area contributed by atoms with E-state index >= 15 is 0 Å². The largest absolute Gasteiger partial charge is 0.494 e. The normalized spacial score (nSPS) is 11.7. The van der Waals surface area contributed by atoms with E-state index in [0.29, 0.717) is 6.61 Å². The number of rotatable bonds is 7. The standard InChI is InChI=1S/C17H29N3OS.HI/c1-7-21-15-9-8-14(10-13(15)2)11-19-16(18-5)20-12-17(3,4)22-6;/h8-10H,7,11-12H2,1-6H3,(H2,18,19,20);1H. The van der Waals surface area contributed by atoms with Crippen LogP contribution in [0.4, 0.5) is 0 Å². The van der Waals surface area contributed by atoms with Gasteiger partial charge in [0.25, 0.3) is 0 Å². The Balaban J connectivity index is 0.00000484. The summed E-state index contributed by atoms with van der Waals surface area (Å²) in [5, 5.41) is 6.72. The molecule has 0 aromatic heterocycles. The van der Waals surface area contributed by atoms with Gasteiger partial charge >= 0.3 is 0 Å². The predicted octanol–water partition coefficient (Wildman–Crippen LogP) is 3.82. The molecule has 0 aliphatic heterocycles. The number of aryl methyl sites for hydroxylation is 1. The van der Waals surface area contributed by atoms with Gasteiger partial charge in [0.05, 0.1) is 6.61 Å². The highest BCUT2D eigenvalue weighted by Gasteiger charge is 2.16. The fraction of sp³-hybridized carbons (Fsp3) is 0.588. The van der Waals surface area contributed by atoms with Gasteiger partial charge < -0.3 is 15.4 Å². The molecule has 4 nitrogen and oxygen atoms in total. The Kier molecular flexibility index (Phi) is 10.7. The lowest BCUT2D eigenvalue weighted by Crippen LogP contribution is -2.42. The third-order valence-electron chi connectivity index (χ3n) is 3.46. The van der Waals surface area contributed by atoms with Gasteiger partial charge in [-0.2, -0.15) is 11.8 Å². The first-order valence-corrected chi connectivity index (χ1v) is 8.86. The van der Waals surface area contributed by atoms with E-state index in [1.165, 1.54) is 5.56 Å². The van der Waals surface area contributed by atoms with Crippen LogP contribution in [-0.4, -0.2) is 37.2 Å². The van der Waals surface area contributed by atoms with Crippen LogP contribution in [0, 0.1) is 6.92 Å². The van der Waals surface area contributed by atoms with Crippen LogP contribution in [0.3, 0.4) is 0 Å². The fourth-order valence-electron chi connectivity index (χ4n) is 1.91. The third-order valence-corrected chi connectivity index (χ3v) is 4.71. The molecular weight excluding hydrogens is 421 g/mol. The van der Waals surface area contributed by atoms with Gasteiger partial charge in [-0.15, -0.1) is 24.0 Å². The SMILES string of the molecule is CCOc1ccc(CNC(=NC)NCC(C)(C)SC)cc1C.I. The number of hydrogen-bond acceptors (Lipinski definition) is 3. The number of thioether (sulfide) groups is 1. The van der Waals surface area contributed by atoms with Crippen LogP contribution in [-0.2, 0) is 6.54 Å². The Morgan fingerprint density at radius 1 is 1.30 bits per heavy atom. The maximum Gasteiger partial charge on any atom is 0.191 e. The van der Waals surface area contributed by atoms with Crippen molar-refractivity contribution in [2.24, 2.45) is 4.99 Å². The lowest BCUT2D eigenvalue weighted by atomic mass is 10.1. The highest BCUT2D eigenvalue weighted by Crippen LogP contribution is 2.20. The third kappa shape index (κ3) is 8.15. The van der Waals surface area contributed by atoms with Crippen molar-refractivity contribution in [2.75, 3.05) is 26.5 Å². The monoisotopic (exact) mass is 451 g/mol. The van der Waals surface area contributed by atoms with Crippen LogP contribution >= 0.6 is 35.7 Å². The van der Waals surface area contributed by atoms with E-state index in [9.17, 15) is 0 Å². The summed E-state index contributed by atoms with van der Waals surface area (Å²) in [6.45, 7) is 10.8. The Morgan fingerprint density at radius 2 is 2.00 bits per heavy atom. The average molecular weight is 451 g/mol. The van der Waals surface area contributed by atoms with Crippen LogP contribution < -0.4 is 15.4 Å². The van der Waals surface area contributed by atoms with Gasteiger partial charge in [0.15, 0.2) is 5.96 Å². The zero-order valence-corrected chi connectivity index (χ0v) is 18.2. The van der Waals surface area contributed by atoms with Crippen LogP contribution in [0.15, 0.2) is 23.2 Å². The van der Waals surface area contributed by atoms with Crippen molar-refractivity contribution in [3.63, 3.8) is 0 Å². The first kappa shape index (κ1) is 22.4.